The molecule has 0 saturated heterocycles. The summed E-state index contributed by atoms with van der Waals surface area (Å²) in [7, 11) is 3.05. The molecule has 0 saturated carbocycles. The lowest BCUT2D eigenvalue weighted by Gasteiger charge is -2.15. The molecular formula is C28H23N3O6S2. The van der Waals surface area contributed by atoms with Crippen LogP contribution in [0.2, 0.25) is 0 Å². The van der Waals surface area contributed by atoms with Crippen LogP contribution < -0.4 is 20.1 Å². The average molecular weight is 562 g/mol. The van der Waals surface area contributed by atoms with Gasteiger partial charge in [0.2, 0.25) is 0 Å². The van der Waals surface area contributed by atoms with Crippen molar-refractivity contribution in [3.63, 3.8) is 0 Å². The fraction of sp³-hybridized carbons (Fsp3) is 0.107. The number of anilines is 2. The Morgan fingerprint density at radius 3 is 2.59 bits per heavy atom. The van der Waals surface area contributed by atoms with E-state index in [0.29, 0.717) is 38.4 Å². The van der Waals surface area contributed by atoms with Crippen LogP contribution in [0.1, 0.15) is 15.4 Å². The molecule has 2 aromatic heterocycles. The van der Waals surface area contributed by atoms with E-state index in [9.17, 15) is 14.4 Å². The zero-order valence-electron chi connectivity index (χ0n) is 20.9. The Morgan fingerprint density at radius 1 is 1.00 bits per heavy atom. The first-order chi connectivity index (χ1) is 19.0. The van der Waals surface area contributed by atoms with Gasteiger partial charge in [0.1, 0.15) is 27.9 Å². The highest BCUT2D eigenvalue weighted by atomic mass is 32.2. The lowest BCUT2D eigenvalue weighted by molar-refractivity contribution is -0.138. The zero-order valence-corrected chi connectivity index (χ0v) is 22.6. The quantitative estimate of drug-likeness (QED) is 0.241. The van der Waals surface area contributed by atoms with E-state index in [4.69, 9.17) is 13.9 Å². The summed E-state index contributed by atoms with van der Waals surface area (Å²) in [6.07, 6.45) is 1.49. The summed E-state index contributed by atoms with van der Waals surface area (Å²) < 4.78 is 16.1. The predicted molar refractivity (Wildman–Crippen MR) is 149 cm³/mol. The number of methoxy groups -OCH3 is 2. The number of thioether (sulfide) groups is 1. The number of imide groups is 1. The van der Waals surface area contributed by atoms with Crippen molar-refractivity contribution in [1.82, 2.24) is 4.90 Å². The Labute approximate surface area is 232 Å². The minimum atomic E-state index is -0.501. The van der Waals surface area contributed by atoms with E-state index in [1.165, 1.54) is 24.7 Å². The minimum absolute atomic E-state index is 0.0173. The largest absolute Gasteiger partial charge is 0.497 e. The molecule has 3 amide bonds. The van der Waals surface area contributed by atoms with E-state index in [-0.39, 0.29) is 23.1 Å². The average Bonchev–Trinajstić information content (AvgIpc) is 3.71. The molecule has 0 bridgehead atoms. The van der Waals surface area contributed by atoms with Crippen molar-refractivity contribution < 1.29 is 28.3 Å². The number of thiophene rings is 1. The van der Waals surface area contributed by atoms with Crippen molar-refractivity contribution >= 4 is 52.2 Å². The van der Waals surface area contributed by atoms with Crippen LogP contribution >= 0.6 is 23.1 Å². The summed E-state index contributed by atoms with van der Waals surface area (Å²) in [5, 5.41) is 7.80. The van der Waals surface area contributed by atoms with Gasteiger partial charge in [-0.25, -0.2) is 0 Å². The number of carbonyl (C=O) groups excluding carboxylic acids is 3. The maximum absolute atomic E-state index is 13.5. The molecule has 198 valence electrons. The molecule has 0 spiro atoms. The molecule has 0 fully saturated rings. The summed E-state index contributed by atoms with van der Waals surface area (Å²) in [5.74, 6) is 0.299. The van der Waals surface area contributed by atoms with E-state index < -0.39 is 11.8 Å². The van der Waals surface area contributed by atoms with Crippen LogP contribution in [0.5, 0.6) is 11.5 Å². The number of rotatable bonds is 10. The van der Waals surface area contributed by atoms with Gasteiger partial charge in [0, 0.05) is 16.6 Å². The third kappa shape index (κ3) is 5.69. The maximum Gasteiger partial charge on any atom is 0.278 e. The number of hydrogen-bond donors (Lipinski definition) is 2. The van der Waals surface area contributed by atoms with Gasteiger partial charge >= 0.3 is 0 Å². The monoisotopic (exact) mass is 561 g/mol. The number of ether oxygens (including phenoxy) is 2. The van der Waals surface area contributed by atoms with E-state index in [1.54, 1.807) is 67.8 Å². The van der Waals surface area contributed by atoms with Crippen molar-refractivity contribution in [2.45, 2.75) is 11.4 Å². The molecule has 2 aromatic carbocycles. The lowest BCUT2D eigenvalue weighted by atomic mass is 10.2. The van der Waals surface area contributed by atoms with Gasteiger partial charge in [0.25, 0.3) is 17.7 Å². The molecular weight excluding hydrogens is 538 g/mol. The van der Waals surface area contributed by atoms with E-state index in [2.05, 4.69) is 10.6 Å². The lowest BCUT2D eigenvalue weighted by Crippen LogP contribution is -2.31. The Bertz CT molecular complexity index is 1550. The van der Waals surface area contributed by atoms with Gasteiger partial charge in [-0.15, -0.1) is 11.3 Å². The summed E-state index contributed by atoms with van der Waals surface area (Å²) in [4.78, 5) is 42.2. The predicted octanol–water partition coefficient (Wildman–Crippen LogP) is 5.60. The number of benzene rings is 2. The highest BCUT2D eigenvalue weighted by molar-refractivity contribution is 8.04. The number of nitrogens with zero attached hydrogens (tertiary/aromatic N) is 1. The fourth-order valence-electron chi connectivity index (χ4n) is 3.85. The van der Waals surface area contributed by atoms with Crippen LogP contribution in [0.4, 0.5) is 11.4 Å². The minimum Gasteiger partial charge on any atom is -0.497 e. The third-order valence-electron chi connectivity index (χ3n) is 5.74. The van der Waals surface area contributed by atoms with Crippen molar-refractivity contribution in [2.75, 3.05) is 24.9 Å². The summed E-state index contributed by atoms with van der Waals surface area (Å²) in [6.45, 7) is -0.0173. The third-order valence-corrected chi connectivity index (χ3v) is 7.69. The molecule has 2 N–H and O–H groups in total. The van der Waals surface area contributed by atoms with Crippen LogP contribution in [-0.4, -0.2) is 36.8 Å². The van der Waals surface area contributed by atoms with Crippen molar-refractivity contribution in [3.8, 4) is 11.5 Å². The van der Waals surface area contributed by atoms with Gasteiger partial charge in [0.15, 0.2) is 0 Å². The van der Waals surface area contributed by atoms with Gasteiger partial charge in [0.05, 0.1) is 37.6 Å². The SMILES string of the molecule is COc1ccc(NC2=C(Sc3cccc(NC(=O)c4cccs4)c3)C(=O)N(Cc3ccco3)C2=O)c(OC)c1. The van der Waals surface area contributed by atoms with Gasteiger partial charge in [-0.05, 0) is 53.9 Å². The van der Waals surface area contributed by atoms with Crippen LogP contribution in [-0.2, 0) is 16.1 Å². The molecule has 11 heteroatoms. The first-order valence-corrected chi connectivity index (χ1v) is 13.4. The number of amides is 3. The fourth-order valence-corrected chi connectivity index (χ4v) is 5.48. The van der Waals surface area contributed by atoms with Crippen molar-refractivity contribution in [1.29, 1.82) is 0 Å². The second-order valence-corrected chi connectivity index (χ2v) is 10.3. The van der Waals surface area contributed by atoms with E-state index in [0.717, 1.165) is 16.7 Å². The van der Waals surface area contributed by atoms with Crippen LogP contribution in [0, 0.1) is 0 Å². The van der Waals surface area contributed by atoms with Gasteiger partial charge in [-0.1, -0.05) is 23.9 Å². The summed E-state index contributed by atoms with van der Waals surface area (Å²) in [6, 6.07) is 19.1. The molecule has 3 heterocycles. The Balaban J connectivity index is 1.46. The maximum atomic E-state index is 13.5. The molecule has 0 radical (unpaired) electrons. The molecule has 1 aliphatic heterocycles. The summed E-state index contributed by atoms with van der Waals surface area (Å²) >= 11 is 2.47. The highest BCUT2D eigenvalue weighted by Crippen LogP contribution is 2.39. The number of furan rings is 1. The Hall–Kier alpha value is -4.48. The molecule has 1 aliphatic rings. The van der Waals surface area contributed by atoms with E-state index >= 15 is 0 Å². The smallest absolute Gasteiger partial charge is 0.278 e. The molecule has 39 heavy (non-hydrogen) atoms. The Kier molecular flexibility index (Phi) is 7.71. The van der Waals surface area contributed by atoms with Crippen molar-refractivity contribution in [3.05, 3.63) is 99.6 Å². The molecule has 5 rings (SSSR count). The van der Waals surface area contributed by atoms with Gasteiger partial charge in [-0.2, -0.15) is 0 Å². The highest BCUT2D eigenvalue weighted by Gasteiger charge is 2.40. The molecule has 0 aliphatic carbocycles. The number of carbonyl (C=O) groups is 3. The van der Waals surface area contributed by atoms with Crippen LogP contribution in [0.25, 0.3) is 0 Å². The molecule has 4 aromatic rings. The Morgan fingerprint density at radius 2 is 1.87 bits per heavy atom. The van der Waals surface area contributed by atoms with Crippen LogP contribution in [0.15, 0.2) is 98.3 Å². The molecule has 0 unspecified atom stereocenters. The van der Waals surface area contributed by atoms with E-state index in [1.807, 2.05) is 11.4 Å². The molecule has 0 atom stereocenters. The normalized spacial score (nSPS) is 13.1. The first kappa shape index (κ1) is 26.1. The number of nitrogens with one attached hydrogen (secondary N) is 2. The second kappa shape index (κ2) is 11.5. The standard InChI is InChI=1S/C28H23N3O6S2/c1-35-18-10-11-21(22(15-18)36-2)30-24-25(28(34)31(27(24)33)16-19-7-4-12-37-19)39-20-8-3-6-17(14-20)29-26(32)23-9-5-13-38-23/h3-15,30H,16H2,1-2H3,(H,29,32). The van der Waals surface area contributed by atoms with Crippen LogP contribution in [0.3, 0.4) is 0 Å². The summed E-state index contributed by atoms with van der Waals surface area (Å²) in [5.41, 5.74) is 1.16. The van der Waals surface area contributed by atoms with Gasteiger partial charge < -0.3 is 24.5 Å². The second-order valence-electron chi connectivity index (χ2n) is 8.23. The first-order valence-electron chi connectivity index (χ1n) is 11.7. The topological polar surface area (TPSA) is 110 Å². The zero-order chi connectivity index (χ0) is 27.4. The number of hydrogen-bond acceptors (Lipinski definition) is 9. The van der Waals surface area contributed by atoms with Gasteiger partial charge in [-0.3, -0.25) is 19.3 Å². The van der Waals surface area contributed by atoms with Crippen molar-refractivity contribution in [2.24, 2.45) is 0 Å². The molecule has 9 nitrogen and oxygen atoms in total.